The van der Waals surface area contributed by atoms with Crippen LogP contribution in [0.15, 0.2) is 48.5 Å². The fourth-order valence-electron chi connectivity index (χ4n) is 4.11. The maximum Gasteiger partial charge on any atom is 0.307 e. The van der Waals surface area contributed by atoms with Crippen LogP contribution in [0, 0.1) is 5.92 Å². The van der Waals surface area contributed by atoms with E-state index >= 15 is 0 Å². The SMILES string of the molecule is CCCC(CN(C)CCCN1c2ccccc2CC(=O)c2ccccc21)C(=O)O. The van der Waals surface area contributed by atoms with Crippen LogP contribution in [0.2, 0.25) is 0 Å². The number of hydrogen-bond acceptors (Lipinski definition) is 4. The molecule has 0 saturated carbocycles. The van der Waals surface area contributed by atoms with Gasteiger partial charge in [0.1, 0.15) is 0 Å². The molecular weight excluding hydrogens is 364 g/mol. The molecule has 0 bridgehead atoms. The van der Waals surface area contributed by atoms with E-state index in [1.807, 2.05) is 56.4 Å². The van der Waals surface area contributed by atoms with E-state index in [1.54, 1.807) is 0 Å². The number of para-hydroxylation sites is 2. The van der Waals surface area contributed by atoms with Crippen molar-refractivity contribution < 1.29 is 14.7 Å². The Morgan fingerprint density at radius 3 is 2.55 bits per heavy atom. The molecule has 5 heteroatoms. The van der Waals surface area contributed by atoms with Crippen LogP contribution in [0.4, 0.5) is 11.4 Å². The van der Waals surface area contributed by atoms with E-state index < -0.39 is 5.97 Å². The van der Waals surface area contributed by atoms with Crippen LogP contribution in [0.1, 0.15) is 42.1 Å². The number of carbonyl (C=O) groups excluding carboxylic acids is 1. The third kappa shape index (κ3) is 5.04. The summed E-state index contributed by atoms with van der Waals surface area (Å²) >= 11 is 0. The highest BCUT2D eigenvalue weighted by molar-refractivity contribution is 6.05. The highest BCUT2D eigenvalue weighted by Crippen LogP contribution is 2.35. The van der Waals surface area contributed by atoms with Crippen molar-refractivity contribution in [3.8, 4) is 0 Å². The molecule has 0 aliphatic carbocycles. The molecule has 0 aromatic heterocycles. The molecule has 1 N–H and O–H groups in total. The number of ketones is 1. The molecule has 29 heavy (non-hydrogen) atoms. The van der Waals surface area contributed by atoms with Gasteiger partial charge in [-0.05, 0) is 50.2 Å². The van der Waals surface area contributed by atoms with Gasteiger partial charge in [-0.25, -0.2) is 0 Å². The fourth-order valence-corrected chi connectivity index (χ4v) is 4.11. The predicted molar refractivity (Wildman–Crippen MR) is 116 cm³/mol. The molecule has 1 unspecified atom stereocenters. The number of hydrogen-bond donors (Lipinski definition) is 1. The molecule has 0 radical (unpaired) electrons. The first-order valence-corrected chi connectivity index (χ1v) is 10.4. The van der Waals surface area contributed by atoms with E-state index in [2.05, 4.69) is 15.9 Å². The Labute approximate surface area is 172 Å². The molecule has 0 fully saturated rings. The van der Waals surface area contributed by atoms with Gasteiger partial charge in [0.25, 0.3) is 0 Å². The van der Waals surface area contributed by atoms with Crippen LogP contribution in [-0.2, 0) is 11.2 Å². The molecule has 5 nitrogen and oxygen atoms in total. The number of carboxylic acid groups (broad SMARTS) is 1. The topological polar surface area (TPSA) is 60.9 Å². The third-order valence-electron chi connectivity index (χ3n) is 5.57. The first kappa shape index (κ1) is 21.1. The molecule has 3 rings (SSSR count). The molecule has 0 spiro atoms. The second-order valence-electron chi connectivity index (χ2n) is 7.84. The Kier molecular flexibility index (Phi) is 7.04. The third-order valence-corrected chi connectivity index (χ3v) is 5.57. The number of carbonyl (C=O) groups is 2. The van der Waals surface area contributed by atoms with Gasteiger partial charge in [-0.1, -0.05) is 43.7 Å². The van der Waals surface area contributed by atoms with Gasteiger partial charge in [0.15, 0.2) is 5.78 Å². The zero-order chi connectivity index (χ0) is 20.8. The average Bonchev–Trinajstić information content (AvgIpc) is 2.82. The second kappa shape index (κ2) is 9.70. The molecule has 1 aliphatic rings. The summed E-state index contributed by atoms with van der Waals surface area (Å²) in [5.74, 6) is -0.883. The zero-order valence-electron chi connectivity index (χ0n) is 17.3. The Bertz CT molecular complexity index is 865. The predicted octanol–water partition coefficient (Wildman–Crippen LogP) is 4.39. The molecular formula is C24H30N2O3. The average molecular weight is 395 g/mol. The fraction of sp³-hybridized carbons (Fsp3) is 0.417. The highest BCUT2D eigenvalue weighted by Gasteiger charge is 2.25. The van der Waals surface area contributed by atoms with Gasteiger partial charge in [-0.15, -0.1) is 0 Å². The van der Waals surface area contributed by atoms with Crippen molar-refractivity contribution in [2.75, 3.05) is 31.6 Å². The van der Waals surface area contributed by atoms with Gasteiger partial charge in [-0.2, -0.15) is 0 Å². The van der Waals surface area contributed by atoms with Gasteiger partial charge in [0.2, 0.25) is 0 Å². The van der Waals surface area contributed by atoms with E-state index in [0.717, 1.165) is 48.4 Å². The lowest BCUT2D eigenvalue weighted by Crippen LogP contribution is -2.32. The van der Waals surface area contributed by atoms with Crippen molar-refractivity contribution in [1.82, 2.24) is 4.90 Å². The van der Waals surface area contributed by atoms with Crippen molar-refractivity contribution in [3.63, 3.8) is 0 Å². The summed E-state index contributed by atoms with van der Waals surface area (Å²) in [6, 6.07) is 15.9. The molecule has 1 aliphatic heterocycles. The number of nitrogens with zero attached hydrogens (tertiary/aromatic N) is 2. The Morgan fingerprint density at radius 1 is 1.14 bits per heavy atom. The van der Waals surface area contributed by atoms with E-state index in [0.29, 0.717) is 19.4 Å². The van der Waals surface area contributed by atoms with Gasteiger partial charge in [0, 0.05) is 30.8 Å². The van der Waals surface area contributed by atoms with Crippen LogP contribution in [0.5, 0.6) is 0 Å². The normalized spacial score (nSPS) is 14.3. The lowest BCUT2D eigenvalue weighted by atomic mass is 10.0. The summed E-state index contributed by atoms with van der Waals surface area (Å²) in [7, 11) is 1.99. The minimum atomic E-state index is -0.715. The standard InChI is InChI=1S/C24H30N2O3/c1-3-9-19(24(28)29)17-25(2)14-8-15-26-21-12-6-4-10-18(21)16-23(27)20-11-5-7-13-22(20)26/h4-7,10-13,19H,3,8-9,14-17H2,1-2H3,(H,28,29). The van der Waals surface area contributed by atoms with Crippen LogP contribution >= 0.6 is 0 Å². The minimum Gasteiger partial charge on any atom is -0.481 e. The zero-order valence-corrected chi connectivity index (χ0v) is 17.3. The van der Waals surface area contributed by atoms with Crippen molar-refractivity contribution in [1.29, 1.82) is 0 Å². The van der Waals surface area contributed by atoms with Gasteiger partial charge in [-0.3, -0.25) is 9.59 Å². The maximum absolute atomic E-state index is 12.8. The summed E-state index contributed by atoms with van der Waals surface area (Å²) in [4.78, 5) is 28.5. The largest absolute Gasteiger partial charge is 0.481 e. The van der Waals surface area contributed by atoms with Crippen LogP contribution in [-0.4, -0.2) is 48.4 Å². The van der Waals surface area contributed by atoms with Gasteiger partial charge < -0.3 is 14.9 Å². The minimum absolute atomic E-state index is 0.150. The van der Waals surface area contributed by atoms with E-state index in [4.69, 9.17) is 0 Å². The highest BCUT2D eigenvalue weighted by atomic mass is 16.4. The number of rotatable bonds is 9. The van der Waals surface area contributed by atoms with E-state index in [9.17, 15) is 14.7 Å². The first-order valence-electron chi connectivity index (χ1n) is 10.4. The summed E-state index contributed by atoms with van der Waals surface area (Å²) in [6.45, 7) is 4.17. The van der Waals surface area contributed by atoms with Gasteiger partial charge in [0.05, 0.1) is 11.6 Å². The van der Waals surface area contributed by atoms with Crippen molar-refractivity contribution >= 4 is 23.1 Å². The maximum atomic E-state index is 12.8. The molecule has 154 valence electrons. The van der Waals surface area contributed by atoms with E-state index in [1.165, 1.54) is 0 Å². The Balaban J connectivity index is 1.73. The number of anilines is 2. The molecule has 1 heterocycles. The number of benzene rings is 2. The molecule has 0 saturated heterocycles. The number of carboxylic acids is 1. The quantitative estimate of drug-likeness (QED) is 0.684. The van der Waals surface area contributed by atoms with E-state index in [-0.39, 0.29) is 11.7 Å². The number of fused-ring (bicyclic) bond motifs is 2. The number of aliphatic carboxylic acids is 1. The summed E-state index contributed by atoms with van der Waals surface area (Å²) in [5, 5.41) is 9.39. The Morgan fingerprint density at radius 2 is 1.83 bits per heavy atom. The van der Waals surface area contributed by atoms with Crippen molar-refractivity contribution in [2.45, 2.75) is 32.6 Å². The molecule has 2 aromatic rings. The van der Waals surface area contributed by atoms with Gasteiger partial charge >= 0.3 is 5.97 Å². The lowest BCUT2D eigenvalue weighted by molar-refractivity contribution is -0.142. The Hall–Kier alpha value is -2.66. The molecule has 0 amide bonds. The number of Topliss-reactive ketones (excluding diaryl/α,β-unsaturated/α-hetero) is 1. The van der Waals surface area contributed by atoms with Crippen molar-refractivity contribution in [2.24, 2.45) is 5.92 Å². The molecule has 2 aromatic carbocycles. The van der Waals surface area contributed by atoms with Crippen LogP contribution in [0.25, 0.3) is 0 Å². The summed E-state index contributed by atoms with van der Waals surface area (Å²) < 4.78 is 0. The second-order valence-corrected chi connectivity index (χ2v) is 7.84. The van der Waals surface area contributed by atoms with Crippen LogP contribution in [0.3, 0.4) is 0 Å². The van der Waals surface area contributed by atoms with Crippen LogP contribution < -0.4 is 4.90 Å². The monoisotopic (exact) mass is 394 g/mol. The smallest absolute Gasteiger partial charge is 0.307 e. The lowest BCUT2D eigenvalue weighted by Gasteiger charge is -2.28. The first-order chi connectivity index (χ1) is 14.0. The summed E-state index contributed by atoms with van der Waals surface area (Å²) in [5.41, 5.74) is 3.87. The van der Waals surface area contributed by atoms with Crippen molar-refractivity contribution in [3.05, 3.63) is 59.7 Å². The molecule has 1 atom stereocenters. The summed E-state index contributed by atoms with van der Waals surface area (Å²) in [6.07, 6.45) is 2.88.